The van der Waals surface area contributed by atoms with Crippen molar-refractivity contribution in [3.05, 3.63) is 82.3 Å². The average molecular weight is 681 g/mol. The van der Waals surface area contributed by atoms with Crippen LogP contribution in [0.2, 0.25) is 10.0 Å². The van der Waals surface area contributed by atoms with Gasteiger partial charge in [-0.2, -0.15) is 0 Å². The standard InChI is InChI=1S/C32H39Cl2N3O5S2/c1-6-22(4)35-32(39)30(7-2)36(20-23-9-18-28(33)29(34)19-23)31(38)21-37(24-10-12-25(13-11-24)42-8-3)44(40,41)27-16-14-26(43-5)15-17-27/h9-19,22,30H,6-8,20-21H2,1-5H3,(H,35,39)/t22-,30-/m1/s1. The molecule has 0 saturated heterocycles. The predicted octanol–water partition coefficient (Wildman–Crippen LogP) is 7.03. The Kier molecular flexibility index (Phi) is 13.3. The Balaban J connectivity index is 2.08. The summed E-state index contributed by atoms with van der Waals surface area (Å²) in [5.41, 5.74) is 0.924. The highest BCUT2D eigenvalue weighted by atomic mass is 35.5. The van der Waals surface area contributed by atoms with Gasteiger partial charge in [-0.1, -0.05) is 43.1 Å². The van der Waals surface area contributed by atoms with Crippen molar-refractivity contribution in [3.63, 3.8) is 0 Å². The molecule has 0 aliphatic heterocycles. The predicted molar refractivity (Wildman–Crippen MR) is 179 cm³/mol. The number of amides is 2. The van der Waals surface area contributed by atoms with Gasteiger partial charge in [0.15, 0.2) is 0 Å². The molecule has 0 radical (unpaired) electrons. The van der Waals surface area contributed by atoms with Gasteiger partial charge in [0.1, 0.15) is 18.3 Å². The highest BCUT2D eigenvalue weighted by Gasteiger charge is 2.34. The second-order valence-electron chi connectivity index (χ2n) is 10.1. The number of carbonyl (C=O) groups excluding carboxylic acids is 2. The van der Waals surface area contributed by atoms with Gasteiger partial charge in [0.2, 0.25) is 11.8 Å². The molecule has 2 amide bonds. The lowest BCUT2D eigenvalue weighted by molar-refractivity contribution is -0.140. The van der Waals surface area contributed by atoms with Crippen LogP contribution in [0.15, 0.2) is 76.5 Å². The zero-order valence-corrected chi connectivity index (χ0v) is 28.7. The molecule has 2 atom stereocenters. The molecule has 0 aliphatic rings. The summed E-state index contributed by atoms with van der Waals surface area (Å²) < 4.78 is 34.8. The van der Waals surface area contributed by atoms with Crippen molar-refractivity contribution < 1.29 is 22.7 Å². The number of rotatable bonds is 15. The first-order chi connectivity index (χ1) is 20.9. The summed E-state index contributed by atoms with van der Waals surface area (Å²) in [6.45, 7) is 7.42. The van der Waals surface area contributed by atoms with E-state index in [1.165, 1.54) is 28.8 Å². The summed E-state index contributed by atoms with van der Waals surface area (Å²) in [5.74, 6) is -0.308. The summed E-state index contributed by atoms with van der Waals surface area (Å²) in [4.78, 5) is 30.0. The van der Waals surface area contributed by atoms with Crippen LogP contribution in [-0.2, 0) is 26.2 Å². The second-order valence-corrected chi connectivity index (χ2v) is 13.7. The molecule has 0 spiro atoms. The van der Waals surface area contributed by atoms with Crippen molar-refractivity contribution in [1.29, 1.82) is 0 Å². The first-order valence-corrected chi connectivity index (χ1v) is 17.8. The smallest absolute Gasteiger partial charge is 0.264 e. The highest BCUT2D eigenvalue weighted by Crippen LogP contribution is 2.29. The van der Waals surface area contributed by atoms with Crippen LogP contribution in [0.3, 0.4) is 0 Å². The maximum atomic E-state index is 14.2. The van der Waals surface area contributed by atoms with Gasteiger partial charge < -0.3 is 15.0 Å². The van der Waals surface area contributed by atoms with Crippen molar-refractivity contribution in [2.24, 2.45) is 0 Å². The Bertz CT molecular complexity index is 1520. The van der Waals surface area contributed by atoms with Gasteiger partial charge in [-0.15, -0.1) is 11.8 Å². The van der Waals surface area contributed by atoms with Gasteiger partial charge in [0.05, 0.1) is 27.2 Å². The first-order valence-electron chi connectivity index (χ1n) is 14.4. The van der Waals surface area contributed by atoms with E-state index in [0.29, 0.717) is 40.8 Å². The molecule has 3 aromatic carbocycles. The van der Waals surface area contributed by atoms with Crippen molar-refractivity contribution >= 4 is 62.5 Å². The number of carbonyl (C=O) groups is 2. The fraction of sp³-hybridized carbons (Fsp3) is 0.375. The molecule has 0 aliphatic carbocycles. The second kappa shape index (κ2) is 16.4. The number of thioether (sulfide) groups is 1. The summed E-state index contributed by atoms with van der Waals surface area (Å²) in [6, 6.07) is 17.0. The van der Waals surface area contributed by atoms with E-state index < -0.39 is 28.5 Å². The fourth-order valence-electron chi connectivity index (χ4n) is 4.47. The van der Waals surface area contributed by atoms with E-state index in [2.05, 4.69) is 5.32 Å². The summed E-state index contributed by atoms with van der Waals surface area (Å²) in [6.07, 6.45) is 2.92. The third kappa shape index (κ3) is 9.06. The lowest BCUT2D eigenvalue weighted by atomic mass is 10.1. The monoisotopic (exact) mass is 679 g/mol. The van der Waals surface area contributed by atoms with Gasteiger partial charge in [0.25, 0.3) is 10.0 Å². The van der Waals surface area contributed by atoms with E-state index >= 15 is 0 Å². The summed E-state index contributed by atoms with van der Waals surface area (Å²) >= 11 is 13.9. The topological polar surface area (TPSA) is 96.0 Å². The van der Waals surface area contributed by atoms with Crippen LogP contribution in [0.4, 0.5) is 5.69 Å². The van der Waals surface area contributed by atoms with Crippen LogP contribution >= 0.6 is 35.0 Å². The molecular formula is C32H39Cl2N3O5S2. The largest absolute Gasteiger partial charge is 0.494 e. The average Bonchev–Trinajstić information content (AvgIpc) is 3.01. The molecule has 238 valence electrons. The van der Waals surface area contributed by atoms with Crippen molar-refractivity contribution in [3.8, 4) is 5.75 Å². The molecule has 1 N–H and O–H groups in total. The first kappa shape index (κ1) is 35.6. The number of sulfonamides is 1. The van der Waals surface area contributed by atoms with Crippen molar-refractivity contribution in [1.82, 2.24) is 10.2 Å². The van der Waals surface area contributed by atoms with Crippen LogP contribution < -0.4 is 14.4 Å². The Morgan fingerprint density at radius 1 is 0.932 bits per heavy atom. The van der Waals surface area contributed by atoms with Crippen molar-refractivity contribution in [2.75, 3.05) is 23.7 Å². The van der Waals surface area contributed by atoms with Gasteiger partial charge >= 0.3 is 0 Å². The number of nitrogens with zero attached hydrogens (tertiary/aromatic N) is 2. The highest BCUT2D eigenvalue weighted by molar-refractivity contribution is 7.98. The van der Waals surface area contributed by atoms with E-state index in [0.717, 1.165) is 9.20 Å². The Hall–Kier alpha value is -2.92. The fourth-order valence-corrected chi connectivity index (χ4v) is 6.62. The Morgan fingerprint density at radius 3 is 2.14 bits per heavy atom. The molecule has 0 heterocycles. The van der Waals surface area contributed by atoms with Gasteiger partial charge in [0, 0.05) is 17.5 Å². The quantitative estimate of drug-likeness (QED) is 0.173. The van der Waals surface area contributed by atoms with Crippen molar-refractivity contribution in [2.45, 2.75) is 69.0 Å². The Labute approximate surface area is 275 Å². The minimum atomic E-state index is -4.20. The molecule has 12 heteroatoms. The molecule has 3 aromatic rings. The lowest BCUT2D eigenvalue weighted by Gasteiger charge is -2.33. The maximum Gasteiger partial charge on any atom is 0.264 e. The normalized spacial score (nSPS) is 12.7. The van der Waals surface area contributed by atoms with Gasteiger partial charge in [-0.25, -0.2) is 8.42 Å². The molecule has 0 saturated carbocycles. The number of hydrogen-bond acceptors (Lipinski definition) is 6. The number of nitrogens with one attached hydrogen (secondary N) is 1. The molecule has 0 unspecified atom stereocenters. The lowest BCUT2D eigenvalue weighted by Crippen LogP contribution is -2.53. The molecule has 3 rings (SSSR count). The van der Waals surface area contributed by atoms with Crippen LogP contribution in [0.5, 0.6) is 5.75 Å². The minimum absolute atomic E-state index is 0.0156. The van der Waals surface area contributed by atoms with Crippen LogP contribution in [0.1, 0.15) is 46.1 Å². The van der Waals surface area contributed by atoms with Gasteiger partial charge in [-0.3, -0.25) is 13.9 Å². The minimum Gasteiger partial charge on any atom is -0.494 e. The molecule has 44 heavy (non-hydrogen) atoms. The molecule has 8 nitrogen and oxygen atoms in total. The molecular weight excluding hydrogens is 641 g/mol. The number of hydrogen-bond donors (Lipinski definition) is 1. The molecule has 0 fully saturated rings. The van der Waals surface area contributed by atoms with E-state index in [-0.39, 0.29) is 29.1 Å². The van der Waals surface area contributed by atoms with E-state index in [1.807, 2.05) is 34.0 Å². The summed E-state index contributed by atoms with van der Waals surface area (Å²) in [5, 5.41) is 3.63. The molecule has 0 bridgehead atoms. The van der Waals surface area contributed by atoms with E-state index in [1.54, 1.807) is 54.6 Å². The van der Waals surface area contributed by atoms with Gasteiger partial charge in [-0.05, 0) is 99.2 Å². The van der Waals surface area contributed by atoms with E-state index in [9.17, 15) is 18.0 Å². The molecule has 0 aromatic heterocycles. The Morgan fingerprint density at radius 2 is 1.59 bits per heavy atom. The number of anilines is 1. The van der Waals surface area contributed by atoms with E-state index in [4.69, 9.17) is 27.9 Å². The van der Waals surface area contributed by atoms with Crippen LogP contribution in [0.25, 0.3) is 0 Å². The zero-order chi connectivity index (χ0) is 32.4. The SMILES string of the molecule is CCOc1ccc(N(CC(=O)N(Cc2ccc(Cl)c(Cl)c2)[C@H](CC)C(=O)N[C@H](C)CC)S(=O)(=O)c2ccc(SC)cc2)cc1. The summed E-state index contributed by atoms with van der Waals surface area (Å²) in [7, 11) is -4.20. The number of benzene rings is 3. The third-order valence-corrected chi connectivity index (χ3v) is 10.4. The zero-order valence-electron chi connectivity index (χ0n) is 25.5. The maximum absolute atomic E-state index is 14.2. The van der Waals surface area contributed by atoms with Crippen LogP contribution in [-0.4, -0.2) is 56.6 Å². The van der Waals surface area contributed by atoms with Crippen LogP contribution in [0, 0.1) is 0 Å². The number of ether oxygens (including phenoxy) is 1. The third-order valence-electron chi connectivity index (χ3n) is 7.09. The number of halogens is 2.